The fraction of sp³-hybridized carbons (Fsp3) is 0. The Bertz CT molecular complexity index is 233. The van der Waals surface area contributed by atoms with E-state index in [-0.39, 0.29) is 5.69 Å². The van der Waals surface area contributed by atoms with Gasteiger partial charge in [0, 0.05) is 0 Å². The number of rotatable bonds is 1. The average Bonchev–Trinajstić information content (AvgIpc) is 2.14. The van der Waals surface area contributed by atoms with Crippen molar-refractivity contribution in [1.82, 2.24) is 13.2 Å². The van der Waals surface area contributed by atoms with Crippen molar-refractivity contribution in [2.45, 2.75) is 0 Å². The third-order valence-electron chi connectivity index (χ3n) is 0.686. The number of carbonyl (C=O) groups is 1. The van der Waals surface area contributed by atoms with Gasteiger partial charge in [-0.05, 0) is 0 Å². The Hall–Kier alpha value is -0.660. The standard InChI is InChI=1S/C3H2IN3O2/c4-7-1-2(3(8)9)5-6-7/h1H,(H,8,9). The average molecular weight is 239 g/mol. The summed E-state index contributed by atoms with van der Waals surface area (Å²) in [7, 11) is 0. The number of aromatic carboxylic acids is 1. The summed E-state index contributed by atoms with van der Waals surface area (Å²) >= 11 is 1.81. The summed E-state index contributed by atoms with van der Waals surface area (Å²) in [5, 5.41) is 15.0. The minimum Gasteiger partial charge on any atom is -0.476 e. The second kappa shape index (κ2) is 2.29. The van der Waals surface area contributed by atoms with Crippen LogP contribution in [0.4, 0.5) is 0 Å². The zero-order chi connectivity index (χ0) is 6.85. The van der Waals surface area contributed by atoms with E-state index >= 15 is 0 Å². The van der Waals surface area contributed by atoms with Gasteiger partial charge in [0.1, 0.15) is 0 Å². The molecule has 48 valence electrons. The fourth-order valence-electron chi connectivity index (χ4n) is 0.341. The maximum absolute atomic E-state index is 10.1. The summed E-state index contributed by atoms with van der Waals surface area (Å²) in [5.41, 5.74) is -0.0376. The van der Waals surface area contributed by atoms with Crippen LogP contribution >= 0.6 is 22.9 Å². The summed E-state index contributed by atoms with van der Waals surface area (Å²) in [6.45, 7) is 0. The smallest absolute Gasteiger partial charge is 0.358 e. The summed E-state index contributed by atoms with van der Waals surface area (Å²) in [5.74, 6) is -1.06. The lowest BCUT2D eigenvalue weighted by Gasteiger charge is -1.76. The van der Waals surface area contributed by atoms with Crippen LogP contribution in [0.2, 0.25) is 0 Å². The van der Waals surface area contributed by atoms with Crippen molar-refractivity contribution in [1.29, 1.82) is 0 Å². The van der Waals surface area contributed by atoms with Gasteiger partial charge in [0.25, 0.3) is 0 Å². The molecule has 0 aliphatic heterocycles. The Labute approximate surface area is 64.2 Å². The van der Waals surface area contributed by atoms with E-state index in [0.717, 1.165) is 0 Å². The van der Waals surface area contributed by atoms with Crippen LogP contribution in [0.15, 0.2) is 6.20 Å². The predicted octanol–water partition coefficient (Wildman–Crippen LogP) is 0.174. The van der Waals surface area contributed by atoms with E-state index in [2.05, 4.69) is 10.3 Å². The fourth-order valence-corrected chi connectivity index (χ4v) is 0.702. The zero-order valence-electron chi connectivity index (χ0n) is 4.15. The molecule has 6 heteroatoms. The highest BCUT2D eigenvalue weighted by molar-refractivity contribution is 14.1. The lowest BCUT2D eigenvalue weighted by molar-refractivity contribution is 0.0690. The molecule has 5 nitrogen and oxygen atoms in total. The van der Waals surface area contributed by atoms with Gasteiger partial charge in [-0.3, -0.25) is 0 Å². The molecule has 1 rings (SSSR count). The second-order valence-electron chi connectivity index (χ2n) is 1.30. The first kappa shape index (κ1) is 6.46. The summed E-state index contributed by atoms with van der Waals surface area (Å²) in [4.78, 5) is 10.1. The Kier molecular flexibility index (Phi) is 1.65. The van der Waals surface area contributed by atoms with Gasteiger partial charge in [0.15, 0.2) is 5.69 Å². The first-order valence-corrected chi connectivity index (χ1v) is 2.98. The van der Waals surface area contributed by atoms with E-state index in [0.29, 0.717) is 0 Å². The number of carboxylic acids is 1. The molecule has 0 saturated carbocycles. The highest BCUT2D eigenvalue weighted by atomic mass is 127. The number of nitrogens with zero attached hydrogens (tertiary/aromatic N) is 3. The lowest BCUT2D eigenvalue weighted by atomic mass is 10.5. The molecular weight excluding hydrogens is 237 g/mol. The van der Waals surface area contributed by atoms with Crippen LogP contribution in [0.5, 0.6) is 0 Å². The molecular formula is C3H2IN3O2. The van der Waals surface area contributed by atoms with Crippen LogP contribution in [0.25, 0.3) is 0 Å². The monoisotopic (exact) mass is 239 g/mol. The Morgan fingerprint density at radius 3 is 2.78 bits per heavy atom. The maximum Gasteiger partial charge on any atom is 0.358 e. The molecule has 0 atom stereocenters. The molecule has 0 spiro atoms. The number of carboxylic acid groups (broad SMARTS) is 1. The van der Waals surface area contributed by atoms with E-state index in [4.69, 9.17) is 5.11 Å². The van der Waals surface area contributed by atoms with Gasteiger partial charge in [-0.1, -0.05) is 5.21 Å². The third-order valence-corrected chi connectivity index (χ3v) is 1.16. The molecule has 0 aliphatic rings. The molecule has 1 aromatic heterocycles. The molecule has 0 radical (unpaired) electrons. The Morgan fingerprint density at radius 2 is 2.56 bits per heavy atom. The highest BCUT2D eigenvalue weighted by Crippen LogP contribution is 1.94. The van der Waals surface area contributed by atoms with Crippen molar-refractivity contribution in [3.63, 3.8) is 0 Å². The molecule has 0 aliphatic carbocycles. The van der Waals surface area contributed by atoms with Crippen molar-refractivity contribution in [3.05, 3.63) is 11.9 Å². The lowest BCUT2D eigenvalue weighted by Crippen LogP contribution is -1.95. The molecule has 1 heterocycles. The van der Waals surface area contributed by atoms with Crippen molar-refractivity contribution in [2.24, 2.45) is 0 Å². The molecule has 0 bridgehead atoms. The summed E-state index contributed by atoms with van der Waals surface area (Å²) in [6, 6.07) is 0. The first-order chi connectivity index (χ1) is 4.20. The normalized spacial score (nSPS) is 9.44. The second-order valence-corrected chi connectivity index (χ2v) is 2.29. The van der Waals surface area contributed by atoms with Crippen molar-refractivity contribution in [3.8, 4) is 0 Å². The molecule has 0 fully saturated rings. The first-order valence-electron chi connectivity index (χ1n) is 2.02. The molecule has 0 unspecified atom stereocenters. The SMILES string of the molecule is O=C(O)c1cn(I)nn1. The quantitative estimate of drug-likeness (QED) is 0.709. The number of aromatic nitrogens is 3. The predicted molar refractivity (Wildman–Crippen MR) is 36.4 cm³/mol. The molecule has 0 saturated heterocycles. The molecule has 9 heavy (non-hydrogen) atoms. The van der Waals surface area contributed by atoms with Crippen LogP contribution in [0, 0.1) is 0 Å². The van der Waals surface area contributed by atoms with Gasteiger partial charge in [-0.25, -0.2) is 4.79 Å². The van der Waals surface area contributed by atoms with Crippen LogP contribution < -0.4 is 0 Å². The minimum absolute atomic E-state index is 0.0376. The summed E-state index contributed by atoms with van der Waals surface area (Å²) < 4.78 is 1.31. The van der Waals surface area contributed by atoms with Crippen LogP contribution in [0.3, 0.4) is 0 Å². The summed E-state index contributed by atoms with van der Waals surface area (Å²) in [6.07, 6.45) is 1.32. The maximum atomic E-state index is 10.1. The van der Waals surface area contributed by atoms with Gasteiger partial charge in [-0.2, -0.15) is 2.90 Å². The minimum atomic E-state index is -1.06. The van der Waals surface area contributed by atoms with Crippen molar-refractivity contribution >= 4 is 28.8 Å². The van der Waals surface area contributed by atoms with E-state index in [9.17, 15) is 4.79 Å². The molecule has 0 amide bonds. The van der Waals surface area contributed by atoms with Gasteiger partial charge >= 0.3 is 5.97 Å². The van der Waals surface area contributed by atoms with E-state index in [1.165, 1.54) is 9.09 Å². The van der Waals surface area contributed by atoms with Crippen LogP contribution in [-0.4, -0.2) is 24.3 Å². The van der Waals surface area contributed by atoms with Gasteiger partial charge < -0.3 is 5.11 Å². The number of hydrogen-bond acceptors (Lipinski definition) is 3. The van der Waals surface area contributed by atoms with E-state index < -0.39 is 5.97 Å². The molecule has 1 aromatic rings. The van der Waals surface area contributed by atoms with E-state index in [1.807, 2.05) is 22.9 Å². The van der Waals surface area contributed by atoms with Crippen molar-refractivity contribution < 1.29 is 9.90 Å². The van der Waals surface area contributed by atoms with Gasteiger partial charge in [0.05, 0.1) is 29.1 Å². The Balaban J connectivity index is 2.98. The molecule has 0 aromatic carbocycles. The van der Waals surface area contributed by atoms with Crippen molar-refractivity contribution in [2.75, 3.05) is 0 Å². The topological polar surface area (TPSA) is 68.0 Å². The van der Waals surface area contributed by atoms with Gasteiger partial charge in [0.2, 0.25) is 0 Å². The third kappa shape index (κ3) is 1.37. The highest BCUT2D eigenvalue weighted by Gasteiger charge is 2.05. The number of halogens is 1. The largest absolute Gasteiger partial charge is 0.476 e. The van der Waals surface area contributed by atoms with Crippen LogP contribution in [-0.2, 0) is 0 Å². The molecule has 1 N–H and O–H groups in total. The number of hydrogen-bond donors (Lipinski definition) is 1. The Morgan fingerprint density at radius 1 is 1.89 bits per heavy atom. The van der Waals surface area contributed by atoms with E-state index in [1.54, 1.807) is 0 Å². The zero-order valence-corrected chi connectivity index (χ0v) is 6.31. The van der Waals surface area contributed by atoms with Gasteiger partial charge in [-0.15, -0.1) is 5.10 Å². The van der Waals surface area contributed by atoms with Crippen LogP contribution in [0.1, 0.15) is 10.5 Å².